The molecule has 2 fully saturated rings. The van der Waals surface area contributed by atoms with Crippen molar-refractivity contribution in [2.24, 2.45) is 5.92 Å². The van der Waals surface area contributed by atoms with Crippen molar-refractivity contribution >= 4 is 0 Å². The lowest BCUT2D eigenvalue weighted by Crippen LogP contribution is -2.41. The van der Waals surface area contributed by atoms with E-state index >= 15 is 0 Å². The summed E-state index contributed by atoms with van der Waals surface area (Å²) in [5.41, 5.74) is 1.33. The van der Waals surface area contributed by atoms with Gasteiger partial charge in [0.2, 0.25) is 0 Å². The smallest absolute Gasteiger partial charge is 0.118 e. The maximum Gasteiger partial charge on any atom is 0.118 e. The van der Waals surface area contributed by atoms with Crippen LogP contribution in [0, 0.1) is 12.8 Å². The van der Waals surface area contributed by atoms with Crippen LogP contribution in [0.15, 0.2) is 10.5 Å². The maximum absolute atomic E-state index is 6.01. The Balaban J connectivity index is 1.60. The number of fused-ring (bicyclic) bond motifs is 1. The SMILES string of the molecule is CCCNCc1cc(CN2CCCC3CCCC32)oc1C. The van der Waals surface area contributed by atoms with Crippen LogP contribution in [0.5, 0.6) is 0 Å². The van der Waals surface area contributed by atoms with Gasteiger partial charge in [-0.15, -0.1) is 0 Å². The van der Waals surface area contributed by atoms with Crippen molar-refractivity contribution in [3.63, 3.8) is 0 Å². The molecule has 0 radical (unpaired) electrons. The normalized spacial score (nSPS) is 26.2. The highest BCUT2D eigenvalue weighted by Gasteiger charge is 2.35. The molecule has 3 heteroatoms. The third-order valence-corrected chi connectivity index (χ3v) is 5.28. The number of piperidine rings is 1. The first-order valence-corrected chi connectivity index (χ1v) is 8.81. The minimum Gasteiger partial charge on any atom is -0.465 e. The molecule has 2 unspecified atom stereocenters. The molecular formula is C18H30N2O. The Morgan fingerprint density at radius 3 is 3.00 bits per heavy atom. The van der Waals surface area contributed by atoms with Gasteiger partial charge in [-0.2, -0.15) is 0 Å². The predicted molar refractivity (Wildman–Crippen MR) is 86.2 cm³/mol. The second-order valence-corrected chi connectivity index (χ2v) is 6.84. The monoisotopic (exact) mass is 290 g/mol. The summed E-state index contributed by atoms with van der Waals surface area (Å²) in [7, 11) is 0. The number of hydrogen-bond donors (Lipinski definition) is 1. The molecule has 1 aromatic heterocycles. The minimum absolute atomic E-state index is 0.825. The van der Waals surface area contributed by atoms with E-state index in [0.29, 0.717) is 0 Å². The van der Waals surface area contributed by atoms with Gasteiger partial charge in [-0.05, 0) is 64.1 Å². The lowest BCUT2D eigenvalue weighted by molar-refractivity contribution is 0.0976. The number of hydrogen-bond acceptors (Lipinski definition) is 3. The molecule has 118 valence electrons. The molecule has 0 bridgehead atoms. The van der Waals surface area contributed by atoms with E-state index in [1.807, 2.05) is 0 Å². The van der Waals surface area contributed by atoms with Crippen molar-refractivity contribution in [1.82, 2.24) is 10.2 Å². The highest BCUT2D eigenvalue weighted by molar-refractivity contribution is 5.20. The molecule has 1 aliphatic carbocycles. The van der Waals surface area contributed by atoms with Gasteiger partial charge in [-0.3, -0.25) is 4.90 Å². The van der Waals surface area contributed by atoms with Gasteiger partial charge < -0.3 is 9.73 Å². The van der Waals surface area contributed by atoms with Gasteiger partial charge in [0.1, 0.15) is 11.5 Å². The Labute approximate surface area is 129 Å². The lowest BCUT2D eigenvalue weighted by atomic mass is 9.92. The molecule has 3 nitrogen and oxygen atoms in total. The van der Waals surface area contributed by atoms with Gasteiger partial charge in [-0.1, -0.05) is 13.3 Å². The summed E-state index contributed by atoms with van der Waals surface area (Å²) in [5, 5.41) is 3.47. The maximum atomic E-state index is 6.01. The minimum atomic E-state index is 0.825. The number of likely N-dealkylation sites (tertiary alicyclic amines) is 1. The van der Waals surface area contributed by atoms with Gasteiger partial charge in [0.05, 0.1) is 6.54 Å². The van der Waals surface area contributed by atoms with Crippen LogP contribution in [-0.2, 0) is 13.1 Å². The Morgan fingerprint density at radius 1 is 1.29 bits per heavy atom. The molecule has 2 heterocycles. The Bertz CT molecular complexity index is 454. The summed E-state index contributed by atoms with van der Waals surface area (Å²) >= 11 is 0. The van der Waals surface area contributed by atoms with Crippen LogP contribution in [0.3, 0.4) is 0 Å². The van der Waals surface area contributed by atoms with E-state index in [1.54, 1.807) is 0 Å². The molecule has 0 amide bonds. The molecule has 1 aromatic rings. The molecule has 0 aromatic carbocycles. The van der Waals surface area contributed by atoms with Crippen molar-refractivity contribution in [3.05, 3.63) is 23.2 Å². The first-order chi connectivity index (χ1) is 10.3. The van der Waals surface area contributed by atoms with Gasteiger partial charge in [0.25, 0.3) is 0 Å². The summed E-state index contributed by atoms with van der Waals surface area (Å²) in [6.45, 7) is 8.58. The third-order valence-electron chi connectivity index (χ3n) is 5.28. The third kappa shape index (κ3) is 3.51. The topological polar surface area (TPSA) is 28.4 Å². The van der Waals surface area contributed by atoms with E-state index in [9.17, 15) is 0 Å². The zero-order valence-corrected chi connectivity index (χ0v) is 13.7. The quantitative estimate of drug-likeness (QED) is 0.807. The summed E-state index contributed by atoms with van der Waals surface area (Å²) in [6, 6.07) is 3.10. The highest BCUT2D eigenvalue weighted by Crippen LogP contribution is 2.37. The van der Waals surface area contributed by atoms with Crippen LogP contribution in [0.4, 0.5) is 0 Å². The van der Waals surface area contributed by atoms with Crippen molar-refractivity contribution in [1.29, 1.82) is 0 Å². The van der Waals surface area contributed by atoms with E-state index in [2.05, 4.69) is 30.1 Å². The van der Waals surface area contributed by atoms with Crippen molar-refractivity contribution in [2.45, 2.75) is 71.5 Å². The van der Waals surface area contributed by atoms with E-state index in [0.717, 1.165) is 43.1 Å². The fourth-order valence-corrected chi connectivity index (χ4v) is 4.19. The summed E-state index contributed by atoms with van der Waals surface area (Å²) < 4.78 is 6.01. The van der Waals surface area contributed by atoms with Crippen molar-refractivity contribution in [2.75, 3.05) is 13.1 Å². The number of furan rings is 1. The number of nitrogens with one attached hydrogen (secondary N) is 1. The van der Waals surface area contributed by atoms with E-state index in [4.69, 9.17) is 4.42 Å². The van der Waals surface area contributed by atoms with Crippen LogP contribution in [-0.4, -0.2) is 24.0 Å². The van der Waals surface area contributed by atoms with Gasteiger partial charge >= 0.3 is 0 Å². The standard InChI is InChI=1S/C18H30N2O/c1-3-9-19-12-16-11-17(21-14(16)2)13-20-10-5-7-15-6-4-8-18(15)20/h11,15,18-19H,3-10,12-13H2,1-2H3. The zero-order chi connectivity index (χ0) is 14.7. The van der Waals surface area contributed by atoms with E-state index < -0.39 is 0 Å². The molecule has 1 saturated heterocycles. The average molecular weight is 290 g/mol. The van der Waals surface area contributed by atoms with Crippen molar-refractivity contribution < 1.29 is 4.42 Å². The van der Waals surface area contributed by atoms with E-state index in [1.165, 1.54) is 50.6 Å². The Kier molecular flexibility index (Phi) is 5.02. The molecule has 1 aliphatic heterocycles. The summed E-state index contributed by atoms with van der Waals surface area (Å²) in [5.74, 6) is 3.21. The van der Waals surface area contributed by atoms with Gasteiger partial charge in [0.15, 0.2) is 0 Å². The highest BCUT2D eigenvalue weighted by atomic mass is 16.3. The second-order valence-electron chi connectivity index (χ2n) is 6.84. The first kappa shape index (κ1) is 15.1. The van der Waals surface area contributed by atoms with Crippen LogP contribution < -0.4 is 5.32 Å². The number of rotatable bonds is 6. The molecule has 1 N–H and O–H groups in total. The summed E-state index contributed by atoms with van der Waals surface area (Å²) in [6.07, 6.45) is 8.27. The Hall–Kier alpha value is -0.800. The van der Waals surface area contributed by atoms with Crippen LogP contribution in [0.1, 0.15) is 62.5 Å². The largest absolute Gasteiger partial charge is 0.465 e. The number of aryl methyl sites for hydroxylation is 1. The van der Waals surface area contributed by atoms with Gasteiger partial charge in [0, 0.05) is 18.2 Å². The zero-order valence-electron chi connectivity index (χ0n) is 13.7. The summed E-state index contributed by atoms with van der Waals surface area (Å²) in [4.78, 5) is 2.68. The predicted octanol–water partition coefficient (Wildman–Crippen LogP) is 3.85. The molecule has 3 rings (SSSR count). The number of nitrogens with zero attached hydrogens (tertiary/aromatic N) is 1. The molecule has 1 saturated carbocycles. The second kappa shape index (κ2) is 6.97. The average Bonchev–Trinajstić information content (AvgIpc) is 3.07. The molecule has 2 atom stereocenters. The molecular weight excluding hydrogens is 260 g/mol. The molecule has 2 aliphatic rings. The van der Waals surface area contributed by atoms with Crippen LogP contribution in [0.25, 0.3) is 0 Å². The lowest BCUT2D eigenvalue weighted by Gasteiger charge is -2.37. The fourth-order valence-electron chi connectivity index (χ4n) is 4.19. The first-order valence-electron chi connectivity index (χ1n) is 8.81. The van der Waals surface area contributed by atoms with Crippen LogP contribution >= 0.6 is 0 Å². The van der Waals surface area contributed by atoms with Crippen LogP contribution in [0.2, 0.25) is 0 Å². The van der Waals surface area contributed by atoms with Gasteiger partial charge in [-0.25, -0.2) is 0 Å². The molecule has 21 heavy (non-hydrogen) atoms. The fraction of sp³-hybridized carbons (Fsp3) is 0.778. The molecule has 0 spiro atoms. The van der Waals surface area contributed by atoms with Crippen molar-refractivity contribution in [3.8, 4) is 0 Å². The van der Waals surface area contributed by atoms with E-state index in [-0.39, 0.29) is 0 Å². The Morgan fingerprint density at radius 2 is 2.14 bits per heavy atom.